The molecular formula is C26H32FN9O2. The lowest BCUT2D eigenvalue weighted by Crippen LogP contribution is -2.56. The quantitative estimate of drug-likeness (QED) is 0.340. The lowest BCUT2D eigenvalue weighted by molar-refractivity contribution is -0.122. The van der Waals surface area contributed by atoms with Crippen molar-refractivity contribution in [3.05, 3.63) is 42.6 Å². The summed E-state index contributed by atoms with van der Waals surface area (Å²) >= 11 is 0. The van der Waals surface area contributed by atoms with Gasteiger partial charge in [0.1, 0.15) is 11.4 Å². The van der Waals surface area contributed by atoms with Crippen LogP contribution in [0.25, 0.3) is 22.2 Å². The summed E-state index contributed by atoms with van der Waals surface area (Å²) in [4.78, 5) is 29.4. The Balaban J connectivity index is 1.41. The number of aromatic amines is 1. The third kappa shape index (κ3) is 4.92. The molecule has 12 heteroatoms. The first-order valence-corrected chi connectivity index (χ1v) is 12.5. The molecule has 5 rings (SSSR count). The topological polar surface area (TPSA) is 116 Å². The predicted molar refractivity (Wildman–Crippen MR) is 144 cm³/mol. The Hall–Kier alpha value is -4.03. The van der Waals surface area contributed by atoms with Crippen LogP contribution < -0.4 is 15.4 Å². The first kappa shape index (κ1) is 25.6. The fourth-order valence-corrected chi connectivity index (χ4v) is 5.01. The number of aryl methyl sites for hydroxylation is 1. The summed E-state index contributed by atoms with van der Waals surface area (Å²) in [5.74, 6) is -0.0897. The molecule has 11 nitrogen and oxygen atoms in total. The molecule has 1 aliphatic heterocycles. The zero-order chi connectivity index (χ0) is 27.0. The molecule has 0 spiro atoms. The lowest BCUT2D eigenvalue weighted by Gasteiger charge is -2.41. The third-order valence-corrected chi connectivity index (χ3v) is 6.97. The van der Waals surface area contributed by atoms with E-state index in [0.717, 1.165) is 31.2 Å². The summed E-state index contributed by atoms with van der Waals surface area (Å²) in [6, 6.07) is 5.51. The molecule has 1 aliphatic rings. The molecule has 2 atom stereocenters. The number of nitrogens with zero attached hydrogens (tertiary/aromatic N) is 6. The molecule has 0 bridgehead atoms. The number of amides is 1. The van der Waals surface area contributed by atoms with Crippen LogP contribution in [-0.2, 0) is 11.8 Å². The molecule has 38 heavy (non-hydrogen) atoms. The Morgan fingerprint density at radius 1 is 1.26 bits per heavy atom. The van der Waals surface area contributed by atoms with Gasteiger partial charge in [0.15, 0.2) is 5.82 Å². The van der Waals surface area contributed by atoms with E-state index in [4.69, 9.17) is 4.74 Å². The smallest absolute Gasteiger partial charge is 0.256 e. The van der Waals surface area contributed by atoms with E-state index < -0.39 is 5.82 Å². The van der Waals surface area contributed by atoms with Gasteiger partial charge in [-0.25, -0.2) is 14.4 Å². The van der Waals surface area contributed by atoms with E-state index in [0.29, 0.717) is 28.3 Å². The van der Waals surface area contributed by atoms with Gasteiger partial charge in [0.25, 0.3) is 5.88 Å². The van der Waals surface area contributed by atoms with E-state index in [2.05, 4.69) is 54.5 Å². The second-order valence-electron chi connectivity index (χ2n) is 9.69. The van der Waals surface area contributed by atoms with Crippen LogP contribution in [-0.4, -0.2) is 86.3 Å². The van der Waals surface area contributed by atoms with Gasteiger partial charge in [0.05, 0.1) is 36.7 Å². The highest BCUT2D eigenvalue weighted by Gasteiger charge is 2.30. The van der Waals surface area contributed by atoms with Crippen LogP contribution >= 0.6 is 0 Å². The van der Waals surface area contributed by atoms with Crippen LogP contribution in [0, 0.1) is 5.82 Å². The number of likely N-dealkylation sites (N-methyl/N-ethyl adjacent to an activating group) is 1. The van der Waals surface area contributed by atoms with Gasteiger partial charge in [-0.2, -0.15) is 0 Å². The second kappa shape index (κ2) is 10.4. The molecule has 1 fully saturated rings. The molecule has 4 heterocycles. The minimum atomic E-state index is -0.568. The Morgan fingerprint density at radius 2 is 2.08 bits per heavy atom. The van der Waals surface area contributed by atoms with Crippen LogP contribution in [0.15, 0.2) is 36.8 Å². The van der Waals surface area contributed by atoms with Gasteiger partial charge >= 0.3 is 0 Å². The van der Waals surface area contributed by atoms with Gasteiger partial charge < -0.3 is 25.3 Å². The zero-order valence-electron chi connectivity index (χ0n) is 22.1. The van der Waals surface area contributed by atoms with E-state index in [1.165, 1.54) is 7.11 Å². The van der Waals surface area contributed by atoms with E-state index in [9.17, 15) is 9.18 Å². The maximum absolute atomic E-state index is 14.9. The number of methoxy groups -OCH3 is 1. The van der Waals surface area contributed by atoms with Gasteiger partial charge in [-0.1, -0.05) is 12.1 Å². The number of anilines is 3. The highest BCUT2D eigenvalue weighted by Crippen LogP contribution is 2.34. The molecule has 4 aromatic rings. The standard InChI is InChI=1S/C26H32FN9O2/c1-15-13-34(3)9-10-36(15)16(2)24(37)30-20-8-6-7-17-18(11-28-23(17)20)22-19(27)12-29-26(32-22)31-21-14-35(4)33-25(21)38-5/h6-8,11-12,14-16,28H,9-10,13H2,1-5H3,(H,30,37)(H,29,31,32)/t15-,16?/m0/s1. The number of hydrogen-bond donors (Lipinski definition) is 3. The van der Waals surface area contributed by atoms with E-state index in [1.807, 2.05) is 25.1 Å². The molecule has 0 radical (unpaired) electrons. The summed E-state index contributed by atoms with van der Waals surface area (Å²) in [6.07, 6.45) is 4.53. The molecule has 0 aliphatic carbocycles. The van der Waals surface area contributed by atoms with Crippen molar-refractivity contribution in [2.45, 2.75) is 25.9 Å². The van der Waals surface area contributed by atoms with Gasteiger partial charge in [-0.05, 0) is 27.0 Å². The molecule has 1 amide bonds. The first-order valence-electron chi connectivity index (χ1n) is 12.5. The number of carbonyl (C=O) groups excluding carboxylic acids is 1. The molecule has 200 valence electrons. The number of hydrogen-bond acceptors (Lipinski definition) is 8. The fraction of sp³-hybridized carbons (Fsp3) is 0.385. The zero-order valence-corrected chi connectivity index (χ0v) is 22.1. The maximum atomic E-state index is 14.9. The number of aromatic nitrogens is 5. The summed E-state index contributed by atoms with van der Waals surface area (Å²) in [7, 11) is 5.37. The van der Waals surface area contributed by atoms with Crippen molar-refractivity contribution < 1.29 is 13.9 Å². The highest BCUT2D eigenvalue weighted by molar-refractivity contribution is 6.06. The number of rotatable bonds is 7. The number of halogens is 1. The largest absolute Gasteiger partial charge is 0.478 e. The van der Waals surface area contributed by atoms with Crippen LogP contribution in [0.5, 0.6) is 5.88 Å². The number of piperazine rings is 1. The van der Waals surface area contributed by atoms with Crippen molar-refractivity contribution in [3.8, 4) is 17.1 Å². The van der Waals surface area contributed by atoms with Gasteiger partial charge in [0.2, 0.25) is 11.9 Å². The Morgan fingerprint density at radius 3 is 2.84 bits per heavy atom. The number of H-pyrrole nitrogens is 1. The molecule has 0 saturated carbocycles. The maximum Gasteiger partial charge on any atom is 0.256 e. The molecule has 1 aromatic carbocycles. The van der Waals surface area contributed by atoms with Crippen LogP contribution in [0.4, 0.5) is 21.7 Å². The van der Waals surface area contributed by atoms with Crippen LogP contribution in [0.2, 0.25) is 0 Å². The fourth-order valence-electron chi connectivity index (χ4n) is 5.01. The second-order valence-corrected chi connectivity index (χ2v) is 9.69. The molecule has 3 aromatic heterocycles. The number of benzene rings is 1. The SMILES string of the molecule is COc1nn(C)cc1Nc1ncc(F)c(-c2c[nH]c3c(NC(=O)C(C)N4CCN(C)C[C@@H]4C)cccc23)n1. The third-order valence-electron chi connectivity index (χ3n) is 6.97. The van der Waals surface area contributed by atoms with E-state index in [-0.39, 0.29) is 29.6 Å². The van der Waals surface area contributed by atoms with Crippen molar-refractivity contribution in [1.29, 1.82) is 0 Å². The number of nitrogens with one attached hydrogen (secondary N) is 3. The number of fused-ring (bicyclic) bond motifs is 1. The average Bonchev–Trinajstić information content (AvgIpc) is 3.48. The molecule has 1 unspecified atom stereocenters. The van der Waals surface area contributed by atoms with Crippen molar-refractivity contribution in [2.75, 3.05) is 44.4 Å². The molecule has 1 saturated heterocycles. The van der Waals surface area contributed by atoms with E-state index >= 15 is 0 Å². The Labute approximate surface area is 220 Å². The molecule has 3 N–H and O–H groups in total. The monoisotopic (exact) mass is 521 g/mol. The highest BCUT2D eigenvalue weighted by atomic mass is 19.1. The minimum Gasteiger partial charge on any atom is -0.478 e. The number of carbonyl (C=O) groups is 1. The van der Waals surface area contributed by atoms with E-state index in [1.54, 1.807) is 24.1 Å². The first-order chi connectivity index (χ1) is 18.2. The number of para-hydroxylation sites is 1. The van der Waals surface area contributed by atoms with Crippen molar-refractivity contribution >= 4 is 34.1 Å². The minimum absolute atomic E-state index is 0.0878. The van der Waals surface area contributed by atoms with Crippen molar-refractivity contribution in [2.24, 2.45) is 7.05 Å². The van der Waals surface area contributed by atoms with Crippen molar-refractivity contribution in [1.82, 2.24) is 34.5 Å². The number of ether oxygens (including phenoxy) is 1. The van der Waals surface area contributed by atoms with Crippen LogP contribution in [0.1, 0.15) is 13.8 Å². The Kier molecular flexibility index (Phi) is 7.00. The Bertz CT molecular complexity index is 1470. The average molecular weight is 522 g/mol. The summed E-state index contributed by atoms with van der Waals surface area (Å²) < 4.78 is 21.8. The van der Waals surface area contributed by atoms with Crippen molar-refractivity contribution in [3.63, 3.8) is 0 Å². The summed E-state index contributed by atoms with van der Waals surface area (Å²) in [6.45, 7) is 6.74. The summed E-state index contributed by atoms with van der Waals surface area (Å²) in [5, 5.41) is 11.0. The molecular weight excluding hydrogens is 489 g/mol. The normalized spacial score (nSPS) is 17.5. The van der Waals surface area contributed by atoms with Gasteiger partial charge in [-0.3, -0.25) is 14.4 Å². The van der Waals surface area contributed by atoms with Gasteiger partial charge in [-0.15, -0.1) is 5.10 Å². The van der Waals surface area contributed by atoms with Gasteiger partial charge in [0, 0.05) is 49.9 Å². The van der Waals surface area contributed by atoms with Crippen LogP contribution in [0.3, 0.4) is 0 Å². The lowest BCUT2D eigenvalue weighted by atomic mass is 10.1. The summed E-state index contributed by atoms with van der Waals surface area (Å²) in [5.41, 5.74) is 2.55. The predicted octanol–water partition coefficient (Wildman–Crippen LogP) is 3.21.